The second-order valence-electron chi connectivity index (χ2n) is 36.7. The molecule has 88 heavy (non-hydrogen) atoms. The van der Waals surface area contributed by atoms with Gasteiger partial charge in [0.15, 0.2) is 0 Å². The molecule has 0 radical (unpaired) electrons. The normalized spacial score (nSPS) is 13.0. The fourth-order valence-electron chi connectivity index (χ4n) is 8.84. The Morgan fingerprint density at radius 1 is 0.182 bits per heavy atom. The molecule has 486 valence electrons. The number of nitrogens with zero attached hydrogens (tertiary/aromatic N) is 6. The van der Waals surface area contributed by atoms with Gasteiger partial charge in [-0.1, -0.05) is 322 Å². The molecule has 7 aromatic rings. The van der Waals surface area contributed by atoms with Gasteiger partial charge >= 0.3 is 0 Å². The maximum Gasteiger partial charge on any atom is 0.133 e. The van der Waals surface area contributed by atoms with Crippen LogP contribution in [0.15, 0.2) is 122 Å². The predicted octanol–water partition coefficient (Wildman–Crippen LogP) is 23.2. The lowest BCUT2D eigenvalue weighted by Crippen LogP contribution is -2.18. The molecule has 4 heterocycles. The maximum absolute atomic E-state index is 4.52. The number of aromatic nitrogens is 6. The molecule has 0 N–H and O–H groups in total. The van der Waals surface area contributed by atoms with E-state index in [9.17, 15) is 0 Å². The molecule has 0 bridgehead atoms. The molecule has 0 aliphatic heterocycles. The van der Waals surface area contributed by atoms with Gasteiger partial charge in [-0.2, -0.15) is 0 Å². The van der Waals surface area contributed by atoms with E-state index in [2.05, 4.69) is 364 Å². The van der Waals surface area contributed by atoms with Crippen LogP contribution in [0.2, 0.25) is 0 Å². The summed E-state index contributed by atoms with van der Waals surface area (Å²) in [7, 11) is 0. The van der Waals surface area contributed by atoms with E-state index in [1.54, 1.807) is 0 Å². The number of rotatable bonds is 0. The summed E-state index contributed by atoms with van der Waals surface area (Å²) < 4.78 is 0. The first-order valence-corrected chi connectivity index (χ1v) is 32.5. The zero-order valence-corrected chi connectivity index (χ0v) is 63.2. The largest absolute Gasteiger partial charge is 0.260 e. The predicted molar refractivity (Wildman–Crippen MR) is 387 cm³/mol. The van der Waals surface area contributed by atoms with Crippen LogP contribution >= 0.6 is 0 Å². The lowest BCUT2D eigenvalue weighted by atomic mass is 9.78. The van der Waals surface area contributed by atoms with E-state index in [0.29, 0.717) is 0 Å². The van der Waals surface area contributed by atoms with Crippen molar-refractivity contribution in [1.29, 1.82) is 0 Å². The standard InChI is InChI=1S/C18H24.C14H22.2C13H21N.2C12H20N2/c1-17(2,3)15-11-12-16(18(4,5)6)14-10-8-7-9-13(14)15;1-13(2,3)11-7-9-12(10-8-11)14(4,5)6;2*1-12(2,3)10-7-8-11(14-9-10)13(4,5)6;2*1-11(2,3)9-7-13-10(14-8-9)12(4,5)6/h7-12H,1-6H3;7-10H,1-6H3;2*7-9H,1-6H3;2*7-8H,1-6H3. The minimum absolute atomic E-state index is 0.0381. The fourth-order valence-corrected chi connectivity index (χ4v) is 8.84. The number of benzene rings is 3. The van der Waals surface area contributed by atoms with Gasteiger partial charge in [0, 0.05) is 70.2 Å². The molecule has 0 saturated heterocycles. The first kappa shape index (κ1) is 78.5. The van der Waals surface area contributed by atoms with Gasteiger partial charge in [-0.05, 0) is 111 Å². The molecule has 3 aromatic carbocycles. The summed E-state index contributed by atoms with van der Waals surface area (Å²) in [5, 5.41) is 2.80. The van der Waals surface area contributed by atoms with Crippen LogP contribution in [0.25, 0.3) is 10.8 Å². The van der Waals surface area contributed by atoms with Crippen LogP contribution in [0.1, 0.15) is 317 Å². The molecule has 0 atom stereocenters. The Balaban J connectivity index is 0.000000361. The molecule has 0 unspecified atom stereocenters. The highest BCUT2D eigenvalue weighted by Crippen LogP contribution is 2.37. The molecule has 0 aliphatic rings. The molecule has 4 aromatic heterocycles. The zero-order valence-electron chi connectivity index (χ0n) is 63.2. The van der Waals surface area contributed by atoms with E-state index in [0.717, 1.165) is 23.0 Å². The third-order valence-corrected chi connectivity index (χ3v) is 15.3. The second kappa shape index (κ2) is 29.1. The highest BCUT2D eigenvalue weighted by molar-refractivity contribution is 5.90. The topological polar surface area (TPSA) is 77.3 Å². The summed E-state index contributed by atoms with van der Waals surface area (Å²) >= 11 is 0. The van der Waals surface area contributed by atoms with Crippen molar-refractivity contribution in [2.24, 2.45) is 0 Å². The quantitative estimate of drug-likeness (QED) is 0.151. The van der Waals surface area contributed by atoms with Crippen molar-refractivity contribution < 1.29 is 0 Å². The van der Waals surface area contributed by atoms with Gasteiger partial charge in [-0.3, -0.25) is 9.97 Å². The molecule has 7 rings (SSSR count). The summed E-state index contributed by atoms with van der Waals surface area (Å²) in [5.74, 6) is 1.82. The monoisotopic (exact) mass is 1200 g/mol. The van der Waals surface area contributed by atoms with E-state index in [1.165, 1.54) is 55.3 Å². The SMILES string of the molecule is CC(C)(C)c1ccc(C(C)(C)C)c2ccccc12.CC(C)(C)c1ccc(C(C)(C)C)cc1.CC(C)(C)c1ccc(C(C)(C)C)nc1.CC(C)(C)c1ccc(C(C)(C)C)nc1.CC(C)(C)c1cnc(C(C)(C)C)nc1.CC(C)(C)c1cnc(C(C)(C)C)nc1. The van der Waals surface area contributed by atoms with Gasteiger partial charge in [0.05, 0.1) is 0 Å². The van der Waals surface area contributed by atoms with Crippen LogP contribution in [0.3, 0.4) is 0 Å². The Hall–Kier alpha value is -5.62. The smallest absolute Gasteiger partial charge is 0.133 e. The van der Waals surface area contributed by atoms with Crippen LogP contribution in [-0.2, 0) is 65.0 Å². The van der Waals surface area contributed by atoms with Gasteiger partial charge < -0.3 is 0 Å². The summed E-state index contributed by atoms with van der Waals surface area (Å²) in [6.07, 6.45) is 11.8. The maximum atomic E-state index is 4.52. The molecular weight excluding hydrogens is 1070 g/mol. The Morgan fingerprint density at radius 3 is 0.568 bits per heavy atom. The van der Waals surface area contributed by atoms with Crippen molar-refractivity contribution in [2.75, 3.05) is 0 Å². The highest BCUT2D eigenvalue weighted by atomic mass is 14.9. The molecule has 6 heteroatoms. The Labute approximate surface area is 541 Å². The van der Waals surface area contributed by atoms with E-state index >= 15 is 0 Å². The second-order valence-corrected chi connectivity index (χ2v) is 36.7. The third kappa shape index (κ3) is 25.7. The van der Waals surface area contributed by atoms with Gasteiger partial charge in [0.25, 0.3) is 0 Å². The first-order valence-electron chi connectivity index (χ1n) is 32.5. The number of hydrogen-bond donors (Lipinski definition) is 0. The molecule has 0 saturated carbocycles. The minimum atomic E-state index is 0.0381. The van der Waals surface area contributed by atoms with Crippen molar-refractivity contribution in [3.63, 3.8) is 0 Å². The molecule has 0 aliphatic carbocycles. The van der Waals surface area contributed by atoms with Crippen LogP contribution < -0.4 is 0 Å². The lowest BCUT2D eigenvalue weighted by Gasteiger charge is -2.26. The van der Waals surface area contributed by atoms with Crippen LogP contribution in [0.4, 0.5) is 0 Å². The van der Waals surface area contributed by atoms with Gasteiger partial charge in [-0.15, -0.1) is 0 Å². The summed E-state index contributed by atoms with van der Waals surface area (Å²) in [6.45, 7) is 79.3. The minimum Gasteiger partial charge on any atom is -0.260 e. The van der Waals surface area contributed by atoms with E-state index in [1.807, 2.05) is 37.2 Å². The van der Waals surface area contributed by atoms with Gasteiger partial charge in [0.1, 0.15) is 11.6 Å². The fraction of sp³-hybridized carbons (Fsp3) is 0.585. The van der Waals surface area contributed by atoms with Crippen LogP contribution in [0.5, 0.6) is 0 Å². The van der Waals surface area contributed by atoms with E-state index in [-0.39, 0.29) is 65.0 Å². The Bertz CT molecular complexity index is 2570. The summed E-state index contributed by atoms with van der Waals surface area (Å²) in [4.78, 5) is 26.7. The number of pyridine rings is 2. The Kier molecular flexibility index (Phi) is 26.0. The lowest BCUT2D eigenvalue weighted by molar-refractivity contribution is 0.532. The average Bonchev–Trinajstić information content (AvgIpc) is 1.07. The number of hydrogen-bond acceptors (Lipinski definition) is 6. The summed E-state index contributed by atoms with van der Waals surface area (Å²) in [6, 6.07) is 31.1. The summed E-state index contributed by atoms with van der Waals surface area (Å²) in [5.41, 5.74) is 14.9. The van der Waals surface area contributed by atoms with Crippen LogP contribution in [-0.4, -0.2) is 29.9 Å². The van der Waals surface area contributed by atoms with Crippen LogP contribution in [0, 0.1) is 0 Å². The third-order valence-electron chi connectivity index (χ3n) is 15.3. The van der Waals surface area contributed by atoms with Gasteiger partial charge in [-0.25, -0.2) is 19.9 Å². The van der Waals surface area contributed by atoms with Gasteiger partial charge in [0.2, 0.25) is 0 Å². The highest BCUT2D eigenvalue weighted by Gasteiger charge is 2.25. The van der Waals surface area contributed by atoms with Crippen molar-refractivity contribution in [3.8, 4) is 0 Å². The Morgan fingerprint density at radius 2 is 0.398 bits per heavy atom. The van der Waals surface area contributed by atoms with Crippen molar-refractivity contribution in [2.45, 2.75) is 314 Å². The average molecular weight is 1200 g/mol. The molecule has 0 amide bonds. The zero-order chi connectivity index (χ0) is 68.5. The number of fused-ring (bicyclic) bond motifs is 1. The van der Waals surface area contributed by atoms with Crippen molar-refractivity contribution in [3.05, 3.63) is 190 Å². The molecule has 6 nitrogen and oxygen atoms in total. The first-order chi connectivity index (χ1) is 39.3. The van der Waals surface area contributed by atoms with Crippen molar-refractivity contribution >= 4 is 10.8 Å². The van der Waals surface area contributed by atoms with E-state index < -0.39 is 0 Å². The van der Waals surface area contributed by atoms with E-state index in [4.69, 9.17) is 0 Å². The molecule has 0 spiro atoms. The molecular formula is C82H128N6. The van der Waals surface area contributed by atoms with Crippen molar-refractivity contribution in [1.82, 2.24) is 29.9 Å². The molecule has 0 fully saturated rings.